The summed E-state index contributed by atoms with van der Waals surface area (Å²) in [4.78, 5) is 14.2. The Balaban J connectivity index is 1.59. The van der Waals surface area contributed by atoms with Crippen LogP contribution in [0.2, 0.25) is 0 Å². The van der Waals surface area contributed by atoms with Crippen molar-refractivity contribution in [1.82, 2.24) is 15.1 Å². The van der Waals surface area contributed by atoms with Gasteiger partial charge < -0.3 is 9.64 Å². The van der Waals surface area contributed by atoms with E-state index in [2.05, 4.69) is 27.6 Å². The molecule has 0 saturated carbocycles. The van der Waals surface area contributed by atoms with Crippen molar-refractivity contribution in [2.75, 3.05) is 25.0 Å². The third-order valence-electron chi connectivity index (χ3n) is 4.20. The molecule has 6 nitrogen and oxygen atoms in total. The number of morpholine rings is 1. The van der Waals surface area contributed by atoms with E-state index in [4.69, 9.17) is 4.74 Å². The number of carbonyl (C=O) groups is 1. The molecule has 1 aliphatic rings. The summed E-state index contributed by atoms with van der Waals surface area (Å²) in [5.41, 5.74) is 3.08. The number of rotatable bonds is 3. The maximum atomic E-state index is 12.5. The largest absolute Gasteiger partial charge is 0.374 e. The zero-order valence-electron chi connectivity index (χ0n) is 14.0. The second kappa shape index (κ2) is 7.40. The SMILES string of the molecule is Cc1cc(NC(=O)N2CCO[C@@H](Cc3ccccc3)C2)nnc1C. The number of hydrogen-bond acceptors (Lipinski definition) is 4. The Hall–Kier alpha value is -2.47. The average molecular weight is 326 g/mol. The highest BCUT2D eigenvalue weighted by atomic mass is 16.5. The maximum absolute atomic E-state index is 12.5. The molecule has 0 unspecified atom stereocenters. The first-order valence-electron chi connectivity index (χ1n) is 8.14. The number of nitrogens with one attached hydrogen (secondary N) is 1. The summed E-state index contributed by atoms with van der Waals surface area (Å²) in [6.45, 7) is 5.53. The van der Waals surface area contributed by atoms with Gasteiger partial charge in [0.1, 0.15) is 0 Å². The highest BCUT2D eigenvalue weighted by Crippen LogP contribution is 2.14. The summed E-state index contributed by atoms with van der Waals surface area (Å²) in [6, 6.07) is 11.9. The summed E-state index contributed by atoms with van der Waals surface area (Å²) in [7, 11) is 0. The van der Waals surface area contributed by atoms with Gasteiger partial charge in [0.15, 0.2) is 5.82 Å². The van der Waals surface area contributed by atoms with Crippen LogP contribution in [0.25, 0.3) is 0 Å². The van der Waals surface area contributed by atoms with E-state index in [1.165, 1.54) is 5.56 Å². The molecule has 3 rings (SSSR count). The molecule has 1 saturated heterocycles. The van der Waals surface area contributed by atoms with Crippen LogP contribution >= 0.6 is 0 Å². The molecule has 1 aliphatic heterocycles. The first-order valence-corrected chi connectivity index (χ1v) is 8.14. The lowest BCUT2D eigenvalue weighted by Gasteiger charge is -2.33. The number of ether oxygens (including phenoxy) is 1. The molecule has 24 heavy (non-hydrogen) atoms. The first-order chi connectivity index (χ1) is 11.6. The summed E-state index contributed by atoms with van der Waals surface area (Å²) in [5.74, 6) is 0.481. The molecule has 2 amide bonds. The third kappa shape index (κ3) is 4.08. The molecule has 0 radical (unpaired) electrons. The molecular formula is C18H22N4O2. The zero-order chi connectivity index (χ0) is 16.9. The fourth-order valence-electron chi connectivity index (χ4n) is 2.70. The topological polar surface area (TPSA) is 67.4 Å². The molecule has 1 atom stereocenters. The number of amides is 2. The molecule has 6 heteroatoms. The molecule has 0 bridgehead atoms. The molecular weight excluding hydrogens is 304 g/mol. The monoisotopic (exact) mass is 326 g/mol. The number of aromatic nitrogens is 2. The minimum absolute atomic E-state index is 0.0118. The molecule has 2 aromatic rings. The number of benzene rings is 1. The highest BCUT2D eigenvalue weighted by Gasteiger charge is 2.24. The van der Waals surface area contributed by atoms with E-state index in [9.17, 15) is 4.79 Å². The van der Waals surface area contributed by atoms with Crippen molar-refractivity contribution in [3.8, 4) is 0 Å². The van der Waals surface area contributed by atoms with Crippen molar-refractivity contribution in [2.24, 2.45) is 0 Å². The Bertz CT molecular complexity index is 705. The number of aryl methyl sites for hydroxylation is 2. The van der Waals surface area contributed by atoms with E-state index in [0.717, 1.165) is 17.7 Å². The zero-order valence-corrected chi connectivity index (χ0v) is 14.0. The minimum Gasteiger partial charge on any atom is -0.374 e. The predicted molar refractivity (Wildman–Crippen MR) is 92.0 cm³/mol. The summed E-state index contributed by atoms with van der Waals surface area (Å²) in [6.07, 6.45) is 0.811. The number of carbonyl (C=O) groups excluding carboxylic acids is 1. The van der Waals surface area contributed by atoms with Gasteiger partial charge in [0.2, 0.25) is 0 Å². The fourth-order valence-corrected chi connectivity index (χ4v) is 2.70. The van der Waals surface area contributed by atoms with Crippen molar-refractivity contribution in [2.45, 2.75) is 26.4 Å². The molecule has 1 aromatic heterocycles. The van der Waals surface area contributed by atoms with Crippen LogP contribution in [0.15, 0.2) is 36.4 Å². The summed E-state index contributed by atoms with van der Waals surface area (Å²) >= 11 is 0. The standard InChI is InChI=1S/C18H22N4O2/c1-13-10-17(21-20-14(13)2)19-18(23)22-8-9-24-16(12-22)11-15-6-4-3-5-7-15/h3-7,10,16H,8-9,11-12H2,1-2H3,(H,19,21,23)/t16-/m0/s1. The molecule has 1 N–H and O–H groups in total. The number of nitrogens with zero attached hydrogens (tertiary/aromatic N) is 3. The Morgan fingerprint density at radius 2 is 2.08 bits per heavy atom. The van der Waals surface area contributed by atoms with Crippen molar-refractivity contribution in [3.05, 3.63) is 53.2 Å². The van der Waals surface area contributed by atoms with Gasteiger partial charge in [-0.15, -0.1) is 5.10 Å². The lowest BCUT2D eigenvalue weighted by atomic mass is 10.1. The Kier molecular flexibility index (Phi) is 5.05. The van der Waals surface area contributed by atoms with Crippen LogP contribution in [0, 0.1) is 13.8 Å². The fraction of sp³-hybridized carbons (Fsp3) is 0.389. The second-order valence-corrected chi connectivity index (χ2v) is 6.06. The Labute approximate surface area is 141 Å². The van der Waals surface area contributed by atoms with Gasteiger partial charge in [-0.1, -0.05) is 30.3 Å². The number of urea groups is 1. The van der Waals surface area contributed by atoms with Crippen LogP contribution in [0.5, 0.6) is 0 Å². The minimum atomic E-state index is -0.158. The quantitative estimate of drug-likeness (QED) is 0.941. The number of anilines is 1. The Morgan fingerprint density at radius 3 is 2.83 bits per heavy atom. The molecule has 0 aliphatic carbocycles. The molecule has 1 aromatic carbocycles. The summed E-state index contributed by atoms with van der Waals surface area (Å²) in [5, 5.41) is 10.9. The van der Waals surface area contributed by atoms with Crippen molar-refractivity contribution in [3.63, 3.8) is 0 Å². The third-order valence-corrected chi connectivity index (χ3v) is 4.20. The predicted octanol–water partition coefficient (Wildman–Crippen LogP) is 2.57. The van der Waals surface area contributed by atoms with Crippen molar-refractivity contribution >= 4 is 11.8 Å². The van der Waals surface area contributed by atoms with Gasteiger partial charge in [0.05, 0.1) is 18.4 Å². The smallest absolute Gasteiger partial charge is 0.323 e. The van der Waals surface area contributed by atoms with E-state index in [1.807, 2.05) is 38.1 Å². The lowest BCUT2D eigenvalue weighted by molar-refractivity contribution is -0.0113. The van der Waals surface area contributed by atoms with Crippen LogP contribution in [-0.4, -0.2) is 46.9 Å². The molecule has 0 spiro atoms. The van der Waals surface area contributed by atoms with Crippen LogP contribution in [0.1, 0.15) is 16.8 Å². The van der Waals surface area contributed by atoms with Gasteiger partial charge in [-0.05, 0) is 31.0 Å². The molecule has 1 fully saturated rings. The normalized spacial score (nSPS) is 17.6. The van der Waals surface area contributed by atoms with Crippen molar-refractivity contribution < 1.29 is 9.53 Å². The van der Waals surface area contributed by atoms with Gasteiger partial charge in [-0.3, -0.25) is 5.32 Å². The summed E-state index contributed by atoms with van der Waals surface area (Å²) < 4.78 is 5.80. The number of hydrogen-bond donors (Lipinski definition) is 1. The Morgan fingerprint density at radius 1 is 1.29 bits per heavy atom. The van der Waals surface area contributed by atoms with E-state index < -0.39 is 0 Å². The first kappa shape index (κ1) is 16.4. The lowest BCUT2D eigenvalue weighted by Crippen LogP contribution is -2.48. The van der Waals surface area contributed by atoms with E-state index in [-0.39, 0.29) is 12.1 Å². The van der Waals surface area contributed by atoms with E-state index in [0.29, 0.717) is 25.5 Å². The van der Waals surface area contributed by atoms with E-state index in [1.54, 1.807) is 4.90 Å². The molecule has 2 heterocycles. The van der Waals surface area contributed by atoms with Gasteiger partial charge in [-0.25, -0.2) is 4.79 Å². The van der Waals surface area contributed by atoms with Crippen LogP contribution in [0.3, 0.4) is 0 Å². The van der Waals surface area contributed by atoms with Gasteiger partial charge in [-0.2, -0.15) is 5.10 Å². The average Bonchev–Trinajstić information content (AvgIpc) is 2.59. The van der Waals surface area contributed by atoms with Crippen molar-refractivity contribution in [1.29, 1.82) is 0 Å². The second-order valence-electron chi connectivity index (χ2n) is 6.06. The van der Waals surface area contributed by atoms with Gasteiger partial charge >= 0.3 is 6.03 Å². The van der Waals surface area contributed by atoms with Gasteiger partial charge in [0.25, 0.3) is 0 Å². The van der Waals surface area contributed by atoms with Crippen LogP contribution in [0.4, 0.5) is 10.6 Å². The maximum Gasteiger partial charge on any atom is 0.323 e. The van der Waals surface area contributed by atoms with Gasteiger partial charge in [0, 0.05) is 19.5 Å². The molecule has 126 valence electrons. The van der Waals surface area contributed by atoms with Crippen LogP contribution < -0.4 is 5.32 Å². The van der Waals surface area contributed by atoms with E-state index >= 15 is 0 Å². The highest BCUT2D eigenvalue weighted by molar-refractivity contribution is 5.88. The van der Waals surface area contributed by atoms with Crippen LogP contribution in [-0.2, 0) is 11.2 Å².